The second kappa shape index (κ2) is 5.25. The lowest BCUT2D eigenvalue weighted by molar-refractivity contribution is -0.126. The second-order valence-corrected chi connectivity index (χ2v) is 3.89. The molecule has 76 valence electrons. The molecule has 0 saturated heterocycles. The van der Waals surface area contributed by atoms with Crippen molar-refractivity contribution in [1.82, 2.24) is 10.6 Å². The number of halogens is 1. The van der Waals surface area contributed by atoms with E-state index in [1.807, 2.05) is 20.8 Å². The molecule has 0 aromatic rings. The fourth-order valence-corrected chi connectivity index (χ4v) is 0.986. The van der Waals surface area contributed by atoms with Crippen LogP contribution in [0.2, 0.25) is 0 Å². The Morgan fingerprint density at radius 2 is 2.08 bits per heavy atom. The van der Waals surface area contributed by atoms with E-state index in [0.717, 1.165) is 6.54 Å². The van der Waals surface area contributed by atoms with Crippen LogP contribution in [-0.2, 0) is 4.79 Å². The van der Waals surface area contributed by atoms with Crippen molar-refractivity contribution in [2.45, 2.75) is 26.3 Å². The van der Waals surface area contributed by atoms with Crippen molar-refractivity contribution < 1.29 is 4.79 Å². The maximum atomic E-state index is 11.5. The van der Waals surface area contributed by atoms with Crippen LogP contribution >= 0.6 is 11.6 Å². The molecule has 0 aliphatic heterocycles. The van der Waals surface area contributed by atoms with Crippen LogP contribution in [0.15, 0.2) is 11.6 Å². The van der Waals surface area contributed by atoms with Crippen LogP contribution in [-0.4, -0.2) is 24.5 Å². The minimum atomic E-state index is -0.554. The third kappa shape index (κ3) is 4.90. The molecule has 3 nitrogen and oxygen atoms in total. The van der Waals surface area contributed by atoms with E-state index in [1.54, 1.807) is 0 Å². The number of hydrogen-bond donors (Lipinski definition) is 2. The normalized spacial score (nSPS) is 11.1. The fourth-order valence-electron chi connectivity index (χ4n) is 0.919. The van der Waals surface area contributed by atoms with E-state index >= 15 is 0 Å². The lowest BCUT2D eigenvalue weighted by atomic mass is 10.0. The molecule has 0 fully saturated rings. The smallest absolute Gasteiger partial charge is 0.240 e. The zero-order chi connectivity index (χ0) is 10.5. The van der Waals surface area contributed by atoms with E-state index in [1.165, 1.54) is 0 Å². The van der Waals surface area contributed by atoms with Gasteiger partial charge in [-0.05, 0) is 20.4 Å². The molecule has 0 radical (unpaired) electrons. The van der Waals surface area contributed by atoms with Gasteiger partial charge in [-0.3, -0.25) is 4.79 Å². The first-order valence-corrected chi connectivity index (χ1v) is 4.64. The molecule has 0 spiro atoms. The minimum Gasteiger partial charge on any atom is -0.350 e. The van der Waals surface area contributed by atoms with Crippen LogP contribution in [0.5, 0.6) is 0 Å². The lowest BCUT2D eigenvalue weighted by Gasteiger charge is -2.24. The molecular formula is C9H17ClN2O. The quantitative estimate of drug-likeness (QED) is 0.708. The molecule has 13 heavy (non-hydrogen) atoms. The van der Waals surface area contributed by atoms with Crippen LogP contribution < -0.4 is 10.6 Å². The van der Waals surface area contributed by atoms with Crippen molar-refractivity contribution in [2.24, 2.45) is 0 Å². The highest BCUT2D eigenvalue weighted by molar-refractivity contribution is 6.29. The molecule has 4 heteroatoms. The number of carbonyl (C=O) groups is 1. The van der Waals surface area contributed by atoms with Gasteiger partial charge in [0.15, 0.2) is 0 Å². The summed E-state index contributed by atoms with van der Waals surface area (Å²) in [7, 11) is 0. The maximum absolute atomic E-state index is 11.5. The molecule has 0 heterocycles. The molecule has 0 atom stereocenters. The highest BCUT2D eigenvalue weighted by Crippen LogP contribution is 2.02. The monoisotopic (exact) mass is 204 g/mol. The zero-order valence-electron chi connectivity index (χ0n) is 8.41. The Bertz CT molecular complexity index is 202. The summed E-state index contributed by atoms with van der Waals surface area (Å²) in [6.07, 6.45) is 0. The van der Waals surface area contributed by atoms with Crippen LogP contribution in [0.3, 0.4) is 0 Å². The Hall–Kier alpha value is -0.540. The van der Waals surface area contributed by atoms with Gasteiger partial charge in [-0.1, -0.05) is 25.1 Å². The number of hydrogen-bond acceptors (Lipinski definition) is 2. The lowest BCUT2D eigenvalue weighted by Crippen LogP contribution is -2.52. The van der Waals surface area contributed by atoms with Gasteiger partial charge in [-0.15, -0.1) is 0 Å². The van der Waals surface area contributed by atoms with Crippen molar-refractivity contribution in [3.63, 3.8) is 0 Å². The number of rotatable bonds is 5. The van der Waals surface area contributed by atoms with Gasteiger partial charge >= 0.3 is 0 Å². The standard InChI is InChI=1S/C9H17ClN2O/c1-5-12-9(3,4)8(13)11-6-7(2)10/h12H,2,5-6H2,1,3-4H3,(H,11,13). The highest BCUT2D eigenvalue weighted by Gasteiger charge is 2.25. The van der Waals surface area contributed by atoms with E-state index < -0.39 is 5.54 Å². The Morgan fingerprint density at radius 3 is 2.46 bits per heavy atom. The largest absolute Gasteiger partial charge is 0.350 e. The van der Waals surface area contributed by atoms with Gasteiger partial charge in [-0.2, -0.15) is 0 Å². The molecule has 0 bridgehead atoms. The van der Waals surface area contributed by atoms with Gasteiger partial charge in [0.2, 0.25) is 5.91 Å². The van der Waals surface area contributed by atoms with Gasteiger partial charge in [0, 0.05) is 5.03 Å². The van der Waals surface area contributed by atoms with E-state index in [4.69, 9.17) is 11.6 Å². The molecule has 1 amide bonds. The van der Waals surface area contributed by atoms with Gasteiger partial charge in [0.1, 0.15) is 0 Å². The first-order valence-electron chi connectivity index (χ1n) is 4.26. The van der Waals surface area contributed by atoms with Crippen molar-refractivity contribution in [1.29, 1.82) is 0 Å². The molecule has 2 N–H and O–H groups in total. The van der Waals surface area contributed by atoms with Crippen LogP contribution in [0.25, 0.3) is 0 Å². The topological polar surface area (TPSA) is 41.1 Å². The third-order valence-electron chi connectivity index (χ3n) is 1.63. The Morgan fingerprint density at radius 1 is 1.54 bits per heavy atom. The zero-order valence-corrected chi connectivity index (χ0v) is 9.16. The molecule has 0 aliphatic rings. The van der Waals surface area contributed by atoms with Crippen molar-refractivity contribution >= 4 is 17.5 Å². The second-order valence-electron chi connectivity index (χ2n) is 3.36. The summed E-state index contributed by atoms with van der Waals surface area (Å²) < 4.78 is 0. The predicted molar refractivity (Wildman–Crippen MR) is 55.8 cm³/mol. The molecule has 0 aromatic heterocycles. The Labute approximate surface area is 84.5 Å². The molecule has 0 aromatic carbocycles. The van der Waals surface area contributed by atoms with Gasteiger partial charge < -0.3 is 10.6 Å². The van der Waals surface area contributed by atoms with Crippen LogP contribution in [0.4, 0.5) is 0 Å². The third-order valence-corrected chi connectivity index (χ3v) is 1.76. The first kappa shape index (κ1) is 12.5. The number of carbonyl (C=O) groups excluding carboxylic acids is 1. The summed E-state index contributed by atoms with van der Waals surface area (Å²) in [5.41, 5.74) is -0.554. The highest BCUT2D eigenvalue weighted by atomic mass is 35.5. The van der Waals surface area contributed by atoms with Crippen molar-refractivity contribution in [3.8, 4) is 0 Å². The van der Waals surface area contributed by atoms with Crippen molar-refractivity contribution in [3.05, 3.63) is 11.6 Å². The van der Waals surface area contributed by atoms with Gasteiger partial charge in [0.25, 0.3) is 0 Å². The van der Waals surface area contributed by atoms with E-state index in [0.29, 0.717) is 11.6 Å². The average molecular weight is 205 g/mol. The summed E-state index contributed by atoms with van der Waals surface area (Å²) in [6, 6.07) is 0. The molecule has 0 rings (SSSR count). The summed E-state index contributed by atoms with van der Waals surface area (Å²) in [4.78, 5) is 11.5. The average Bonchev–Trinajstić information content (AvgIpc) is 1.99. The molecule has 0 saturated carbocycles. The Balaban J connectivity index is 4.01. The Kier molecular flexibility index (Phi) is 5.03. The molecule has 0 unspecified atom stereocenters. The van der Waals surface area contributed by atoms with Crippen molar-refractivity contribution in [2.75, 3.05) is 13.1 Å². The number of amides is 1. The SMILES string of the molecule is C=C(Cl)CNC(=O)C(C)(C)NCC. The van der Waals surface area contributed by atoms with Crippen LogP contribution in [0, 0.1) is 0 Å². The summed E-state index contributed by atoms with van der Waals surface area (Å²) in [6.45, 7) is 10.2. The van der Waals surface area contributed by atoms with E-state index in [2.05, 4.69) is 17.2 Å². The summed E-state index contributed by atoms with van der Waals surface area (Å²) in [5.74, 6) is -0.0730. The molecular weight excluding hydrogens is 188 g/mol. The van der Waals surface area contributed by atoms with Gasteiger partial charge in [0.05, 0.1) is 12.1 Å². The summed E-state index contributed by atoms with van der Waals surface area (Å²) >= 11 is 5.52. The van der Waals surface area contributed by atoms with E-state index in [9.17, 15) is 4.79 Å². The summed E-state index contributed by atoms with van der Waals surface area (Å²) in [5, 5.41) is 6.17. The number of likely N-dealkylation sites (N-methyl/N-ethyl adjacent to an activating group) is 1. The van der Waals surface area contributed by atoms with Gasteiger partial charge in [-0.25, -0.2) is 0 Å². The molecule has 0 aliphatic carbocycles. The maximum Gasteiger partial charge on any atom is 0.240 e. The van der Waals surface area contributed by atoms with Crippen LogP contribution in [0.1, 0.15) is 20.8 Å². The fraction of sp³-hybridized carbons (Fsp3) is 0.667. The number of nitrogens with one attached hydrogen (secondary N) is 2. The van der Waals surface area contributed by atoms with E-state index in [-0.39, 0.29) is 5.91 Å². The minimum absolute atomic E-state index is 0.0730. The first-order chi connectivity index (χ1) is 5.90. The predicted octanol–water partition coefficient (Wildman–Crippen LogP) is 1.24.